The number of carbonyl (C=O) groups is 2. The minimum Gasteiger partial charge on any atom is -0.376 e. The number of hydrogen-bond acceptors (Lipinski definition) is 5. The normalized spacial score (nSPS) is 25.3. The smallest absolute Gasteiger partial charge is 0.254 e. The van der Waals surface area contributed by atoms with Crippen LogP contribution in [0.1, 0.15) is 17.3 Å². The van der Waals surface area contributed by atoms with Crippen LogP contribution >= 0.6 is 0 Å². The Balaban J connectivity index is 1.76. The molecule has 1 atom stereocenters. The van der Waals surface area contributed by atoms with E-state index in [1.165, 1.54) is 0 Å². The molecule has 3 heterocycles. The minimum absolute atomic E-state index is 0.00365. The number of rotatable bonds is 1. The first-order chi connectivity index (χ1) is 11.1. The van der Waals surface area contributed by atoms with Gasteiger partial charge in [-0.2, -0.15) is 0 Å². The Kier molecular flexibility index (Phi) is 4.58. The molecule has 7 heteroatoms. The molecule has 0 unspecified atom stereocenters. The summed E-state index contributed by atoms with van der Waals surface area (Å²) in [7, 11) is 0. The van der Waals surface area contributed by atoms with E-state index in [0.29, 0.717) is 51.6 Å². The average Bonchev–Trinajstić information content (AvgIpc) is 2.78. The number of hydrogen-bond donors (Lipinski definition) is 0. The van der Waals surface area contributed by atoms with E-state index in [1.54, 1.807) is 41.2 Å². The predicted molar refractivity (Wildman–Crippen MR) is 81.9 cm³/mol. The lowest BCUT2D eigenvalue weighted by Gasteiger charge is -2.43. The molecule has 1 aromatic heterocycles. The van der Waals surface area contributed by atoms with Gasteiger partial charge in [0.1, 0.15) is 5.60 Å². The number of pyridine rings is 1. The monoisotopic (exact) mass is 319 g/mol. The van der Waals surface area contributed by atoms with Gasteiger partial charge in [0.05, 0.1) is 32.9 Å². The zero-order valence-corrected chi connectivity index (χ0v) is 13.2. The third kappa shape index (κ3) is 3.51. The van der Waals surface area contributed by atoms with Crippen LogP contribution in [-0.2, 0) is 14.3 Å². The molecule has 23 heavy (non-hydrogen) atoms. The summed E-state index contributed by atoms with van der Waals surface area (Å²) in [5.74, 6) is -0.0512. The van der Waals surface area contributed by atoms with Crippen molar-refractivity contribution < 1.29 is 19.1 Å². The van der Waals surface area contributed by atoms with E-state index in [2.05, 4.69) is 4.98 Å². The molecule has 3 rings (SSSR count). The first kappa shape index (κ1) is 15.9. The third-order valence-electron chi connectivity index (χ3n) is 4.26. The SMILES string of the molecule is CC(=O)N1CCOC[C@@]2(C1)CN(C(=O)c1ccncc1)CCO2. The van der Waals surface area contributed by atoms with Crippen molar-refractivity contribution in [3.05, 3.63) is 30.1 Å². The highest BCUT2D eigenvalue weighted by Gasteiger charge is 2.42. The van der Waals surface area contributed by atoms with E-state index in [1.807, 2.05) is 0 Å². The average molecular weight is 319 g/mol. The van der Waals surface area contributed by atoms with Crippen LogP contribution in [0.5, 0.6) is 0 Å². The molecule has 2 aliphatic heterocycles. The largest absolute Gasteiger partial charge is 0.376 e. The summed E-state index contributed by atoms with van der Waals surface area (Å²) in [6, 6.07) is 3.41. The van der Waals surface area contributed by atoms with Crippen LogP contribution in [0, 0.1) is 0 Å². The minimum atomic E-state index is -0.650. The number of carbonyl (C=O) groups excluding carboxylic acids is 2. The number of aromatic nitrogens is 1. The van der Waals surface area contributed by atoms with Crippen molar-refractivity contribution in [2.24, 2.45) is 0 Å². The van der Waals surface area contributed by atoms with Gasteiger partial charge in [0.15, 0.2) is 0 Å². The highest BCUT2D eigenvalue weighted by molar-refractivity contribution is 5.94. The molecule has 0 saturated carbocycles. The van der Waals surface area contributed by atoms with Gasteiger partial charge >= 0.3 is 0 Å². The van der Waals surface area contributed by atoms with Gasteiger partial charge in [-0.05, 0) is 12.1 Å². The number of morpholine rings is 1. The first-order valence-electron chi connectivity index (χ1n) is 7.76. The Morgan fingerprint density at radius 1 is 1.13 bits per heavy atom. The maximum Gasteiger partial charge on any atom is 0.254 e. The standard InChI is InChI=1S/C16H21N3O4/c1-13(20)18-6-8-22-12-16(10-18)11-19(7-9-23-16)15(21)14-2-4-17-5-3-14/h2-5H,6-12H2,1H3/t16-/m1/s1. The van der Waals surface area contributed by atoms with Crippen molar-refractivity contribution in [2.45, 2.75) is 12.5 Å². The van der Waals surface area contributed by atoms with Crippen LogP contribution in [0.25, 0.3) is 0 Å². The quantitative estimate of drug-likeness (QED) is 0.738. The Morgan fingerprint density at radius 3 is 2.57 bits per heavy atom. The summed E-state index contributed by atoms with van der Waals surface area (Å²) in [6.45, 7) is 4.80. The molecule has 2 aliphatic rings. The highest BCUT2D eigenvalue weighted by atomic mass is 16.5. The second-order valence-electron chi connectivity index (χ2n) is 5.99. The van der Waals surface area contributed by atoms with Gasteiger partial charge in [0, 0.05) is 38.0 Å². The fourth-order valence-corrected chi connectivity index (χ4v) is 3.05. The Hall–Kier alpha value is -1.99. The third-order valence-corrected chi connectivity index (χ3v) is 4.26. The first-order valence-corrected chi connectivity index (χ1v) is 7.76. The van der Waals surface area contributed by atoms with Crippen molar-refractivity contribution in [2.75, 3.05) is 46.0 Å². The molecule has 0 bridgehead atoms. The van der Waals surface area contributed by atoms with Crippen molar-refractivity contribution in [1.82, 2.24) is 14.8 Å². The molecule has 2 saturated heterocycles. The summed E-state index contributed by atoms with van der Waals surface area (Å²) in [4.78, 5) is 31.8. The molecule has 0 aromatic carbocycles. The summed E-state index contributed by atoms with van der Waals surface area (Å²) < 4.78 is 11.6. The lowest BCUT2D eigenvalue weighted by atomic mass is 10.0. The van der Waals surface area contributed by atoms with Crippen molar-refractivity contribution >= 4 is 11.8 Å². The molecule has 2 fully saturated rings. The van der Waals surface area contributed by atoms with E-state index in [9.17, 15) is 9.59 Å². The number of amides is 2. The maximum absolute atomic E-state index is 12.6. The van der Waals surface area contributed by atoms with Crippen molar-refractivity contribution in [3.63, 3.8) is 0 Å². The fourth-order valence-electron chi connectivity index (χ4n) is 3.05. The zero-order chi connectivity index (χ0) is 16.3. The molecule has 0 aliphatic carbocycles. The van der Waals surface area contributed by atoms with Gasteiger partial charge in [0.25, 0.3) is 5.91 Å². The van der Waals surface area contributed by atoms with E-state index < -0.39 is 5.60 Å². The van der Waals surface area contributed by atoms with Crippen LogP contribution in [0.2, 0.25) is 0 Å². The molecule has 124 valence electrons. The molecule has 1 aromatic rings. The van der Waals surface area contributed by atoms with E-state index >= 15 is 0 Å². The number of ether oxygens (including phenoxy) is 2. The molecular formula is C16H21N3O4. The van der Waals surface area contributed by atoms with Gasteiger partial charge in [-0.1, -0.05) is 0 Å². The van der Waals surface area contributed by atoms with E-state index in [0.717, 1.165) is 0 Å². The summed E-state index contributed by atoms with van der Waals surface area (Å²) >= 11 is 0. The topological polar surface area (TPSA) is 72.0 Å². The fraction of sp³-hybridized carbons (Fsp3) is 0.562. The second-order valence-corrected chi connectivity index (χ2v) is 5.99. The van der Waals surface area contributed by atoms with Crippen LogP contribution < -0.4 is 0 Å². The summed E-state index contributed by atoms with van der Waals surface area (Å²) in [5.41, 5.74) is -0.0432. The molecule has 1 spiro atoms. The maximum atomic E-state index is 12.6. The van der Waals surface area contributed by atoms with E-state index in [-0.39, 0.29) is 11.8 Å². The van der Waals surface area contributed by atoms with Crippen LogP contribution in [0.3, 0.4) is 0 Å². The lowest BCUT2D eigenvalue weighted by Crippen LogP contribution is -2.60. The van der Waals surface area contributed by atoms with E-state index in [4.69, 9.17) is 9.47 Å². The summed E-state index contributed by atoms with van der Waals surface area (Å²) in [6.07, 6.45) is 3.21. The zero-order valence-electron chi connectivity index (χ0n) is 13.2. The molecule has 7 nitrogen and oxygen atoms in total. The van der Waals surface area contributed by atoms with Crippen molar-refractivity contribution in [1.29, 1.82) is 0 Å². The molecule has 0 radical (unpaired) electrons. The Bertz CT molecular complexity index is 580. The Morgan fingerprint density at radius 2 is 1.83 bits per heavy atom. The highest BCUT2D eigenvalue weighted by Crippen LogP contribution is 2.24. The van der Waals surface area contributed by atoms with Crippen LogP contribution in [0.15, 0.2) is 24.5 Å². The predicted octanol–water partition coefficient (Wildman–Crippen LogP) is 0.172. The van der Waals surface area contributed by atoms with Crippen LogP contribution in [-0.4, -0.2) is 78.2 Å². The van der Waals surface area contributed by atoms with Gasteiger partial charge < -0.3 is 19.3 Å². The van der Waals surface area contributed by atoms with Gasteiger partial charge in [-0.3, -0.25) is 14.6 Å². The van der Waals surface area contributed by atoms with Crippen molar-refractivity contribution in [3.8, 4) is 0 Å². The second kappa shape index (κ2) is 6.64. The molecule has 0 N–H and O–H groups in total. The Labute approximate surface area is 135 Å². The summed E-state index contributed by atoms with van der Waals surface area (Å²) in [5, 5.41) is 0. The van der Waals surface area contributed by atoms with Crippen LogP contribution in [0.4, 0.5) is 0 Å². The number of nitrogens with zero attached hydrogens (tertiary/aromatic N) is 3. The van der Waals surface area contributed by atoms with Gasteiger partial charge in [-0.15, -0.1) is 0 Å². The van der Waals surface area contributed by atoms with Gasteiger partial charge in [-0.25, -0.2) is 0 Å². The molecular weight excluding hydrogens is 298 g/mol. The lowest BCUT2D eigenvalue weighted by molar-refractivity contribution is -0.145. The molecule has 2 amide bonds. The van der Waals surface area contributed by atoms with Gasteiger partial charge in [0.2, 0.25) is 5.91 Å².